The van der Waals surface area contributed by atoms with Crippen LogP contribution in [0.5, 0.6) is 5.88 Å². The van der Waals surface area contributed by atoms with E-state index in [-0.39, 0.29) is 6.54 Å². The van der Waals surface area contributed by atoms with E-state index < -0.39 is 6.67 Å². The van der Waals surface area contributed by atoms with Crippen LogP contribution in [0, 0.1) is 0 Å². The molecule has 1 saturated carbocycles. The number of aryl methyl sites for hydroxylation is 1. The molecule has 25 heavy (non-hydrogen) atoms. The number of rotatable bonds is 7. The van der Waals surface area contributed by atoms with Gasteiger partial charge in [-0.25, -0.2) is 9.07 Å². The summed E-state index contributed by atoms with van der Waals surface area (Å²) >= 11 is 0. The second-order valence-electron chi connectivity index (χ2n) is 6.31. The molecule has 1 aromatic heterocycles. The lowest BCUT2D eigenvalue weighted by molar-refractivity contribution is 0.266. The normalized spacial score (nSPS) is 13.8. The van der Waals surface area contributed by atoms with E-state index in [4.69, 9.17) is 4.74 Å². The van der Waals surface area contributed by atoms with Gasteiger partial charge in [0, 0.05) is 12.6 Å². The van der Waals surface area contributed by atoms with Gasteiger partial charge in [0.2, 0.25) is 5.88 Å². The van der Waals surface area contributed by atoms with Crippen molar-refractivity contribution in [1.29, 1.82) is 0 Å². The van der Waals surface area contributed by atoms with Gasteiger partial charge in [0.05, 0.1) is 12.2 Å². The van der Waals surface area contributed by atoms with Gasteiger partial charge in [-0.2, -0.15) is 5.10 Å². The first-order valence-corrected chi connectivity index (χ1v) is 9.27. The zero-order valence-electron chi connectivity index (χ0n) is 15.2. The number of nitrogens with one attached hydrogen (secondary N) is 1. The van der Waals surface area contributed by atoms with Gasteiger partial charge in [0.1, 0.15) is 13.3 Å². The van der Waals surface area contributed by atoms with E-state index in [9.17, 15) is 4.39 Å². The number of aromatic nitrogens is 2. The maximum absolute atomic E-state index is 12.5. The van der Waals surface area contributed by atoms with Crippen LogP contribution in [0.25, 0.3) is 0 Å². The summed E-state index contributed by atoms with van der Waals surface area (Å²) in [5, 5.41) is 7.31. The molecule has 1 aromatic carbocycles. The Labute approximate surface area is 150 Å². The van der Waals surface area contributed by atoms with Crippen molar-refractivity contribution in [2.75, 3.05) is 13.7 Å². The predicted octanol–water partition coefficient (Wildman–Crippen LogP) is 4.49. The lowest BCUT2D eigenvalue weighted by Gasteiger charge is -2.07. The molecule has 0 saturated heterocycles. The first kappa shape index (κ1) is 19.4. The molecule has 0 aliphatic heterocycles. The van der Waals surface area contributed by atoms with Crippen LogP contribution in [0.4, 0.5) is 4.39 Å². The Morgan fingerprint density at radius 1 is 1.08 bits per heavy atom. The first-order valence-electron chi connectivity index (χ1n) is 9.27. The maximum Gasteiger partial charge on any atom is 0.212 e. The van der Waals surface area contributed by atoms with Crippen LogP contribution in [-0.2, 0) is 19.7 Å². The molecule has 3 rings (SSSR count). The number of halogens is 1. The monoisotopic (exact) mass is 347 g/mol. The fraction of sp³-hybridized carbons (Fsp3) is 0.550. The fourth-order valence-electron chi connectivity index (χ4n) is 2.87. The van der Waals surface area contributed by atoms with Gasteiger partial charge in [-0.15, -0.1) is 0 Å². The number of nitrogens with zero attached hydrogens (tertiary/aromatic N) is 2. The van der Waals surface area contributed by atoms with Gasteiger partial charge in [-0.05, 0) is 12.6 Å². The molecule has 4 nitrogen and oxygen atoms in total. The molecule has 5 heteroatoms. The SMILES string of the molecule is C1CCCCC1.CNCc1cc(OCc2ccccc2)n(CCF)n1. The summed E-state index contributed by atoms with van der Waals surface area (Å²) in [5.41, 5.74) is 1.92. The molecule has 1 heterocycles. The van der Waals surface area contributed by atoms with Crippen molar-refractivity contribution >= 4 is 0 Å². The highest BCUT2D eigenvalue weighted by Gasteiger charge is 2.08. The Hall–Kier alpha value is -1.88. The van der Waals surface area contributed by atoms with Crippen molar-refractivity contribution < 1.29 is 9.13 Å². The highest BCUT2D eigenvalue weighted by Crippen LogP contribution is 2.16. The number of benzene rings is 1. The fourth-order valence-corrected chi connectivity index (χ4v) is 2.87. The van der Waals surface area contributed by atoms with Crippen molar-refractivity contribution in [3.63, 3.8) is 0 Å². The van der Waals surface area contributed by atoms with Gasteiger partial charge in [-0.1, -0.05) is 68.9 Å². The lowest BCUT2D eigenvalue weighted by Crippen LogP contribution is -2.08. The minimum Gasteiger partial charge on any atom is -0.473 e. The number of hydrogen-bond donors (Lipinski definition) is 1. The van der Waals surface area contributed by atoms with Gasteiger partial charge in [0.15, 0.2) is 0 Å². The summed E-state index contributed by atoms with van der Waals surface area (Å²) in [6.45, 7) is 0.856. The maximum atomic E-state index is 12.5. The van der Waals surface area contributed by atoms with Crippen LogP contribution in [0.15, 0.2) is 36.4 Å². The highest BCUT2D eigenvalue weighted by atomic mass is 19.1. The van der Waals surface area contributed by atoms with E-state index >= 15 is 0 Å². The Bertz CT molecular complexity index is 570. The van der Waals surface area contributed by atoms with Gasteiger partial charge >= 0.3 is 0 Å². The molecule has 0 amide bonds. The Morgan fingerprint density at radius 2 is 1.72 bits per heavy atom. The Kier molecular flexibility index (Phi) is 9.05. The average Bonchev–Trinajstić information content (AvgIpc) is 3.05. The number of hydrogen-bond acceptors (Lipinski definition) is 3. The summed E-state index contributed by atoms with van der Waals surface area (Å²) in [7, 11) is 1.85. The van der Waals surface area contributed by atoms with Crippen molar-refractivity contribution in [1.82, 2.24) is 15.1 Å². The first-order chi connectivity index (χ1) is 12.3. The molecule has 1 fully saturated rings. The number of alkyl halides is 1. The van der Waals surface area contributed by atoms with Gasteiger partial charge < -0.3 is 10.1 Å². The van der Waals surface area contributed by atoms with E-state index in [0.717, 1.165) is 11.3 Å². The van der Waals surface area contributed by atoms with E-state index in [1.165, 1.54) is 38.5 Å². The topological polar surface area (TPSA) is 39.1 Å². The summed E-state index contributed by atoms with van der Waals surface area (Å²) < 4.78 is 19.8. The average molecular weight is 347 g/mol. The molecule has 1 N–H and O–H groups in total. The third-order valence-electron chi connectivity index (χ3n) is 4.18. The predicted molar refractivity (Wildman–Crippen MR) is 99.4 cm³/mol. The molecule has 0 unspecified atom stereocenters. The quantitative estimate of drug-likeness (QED) is 0.802. The van der Waals surface area contributed by atoms with Crippen LogP contribution in [0.3, 0.4) is 0 Å². The highest BCUT2D eigenvalue weighted by molar-refractivity contribution is 5.18. The molecular weight excluding hydrogens is 317 g/mol. The zero-order valence-corrected chi connectivity index (χ0v) is 15.2. The second-order valence-corrected chi connectivity index (χ2v) is 6.31. The van der Waals surface area contributed by atoms with Crippen LogP contribution in [0.2, 0.25) is 0 Å². The third kappa shape index (κ3) is 7.26. The van der Waals surface area contributed by atoms with E-state index in [1.807, 2.05) is 43.4 Å². The second kappa shape index (κ2) is 11.6. The molecule has 1 aliphatic carbocycles. The van der Waals surface area contributed by atoms with E-state index in [1.54, 1.807) is 4.68 Å². The lowest BCUT2D eigenvalue weighted by atomic mass is 10.0. The summed E-state index contributed by atoms with van der Waals surface area (Å²) in [4.78, 5) is 0. The molecule has 0 radical (unpaired) electrons. The van der Waals surface area contributed by atoms with Crippen molar-refractivity contribution in [3.05, 3.63) is 47.7 Å². The van der Waals surface area contributed by atoms with Crippen molar-refractivity contribution in [3.8, 4) is 5.88 Å². The third-order valence-corrected chi connectivity index (χ3v) is 4.18. The Morgan fingerprint density at radius 3 is 2.28 bits per heavy atom. The largest absolute Gasteiger partial charge is 0.473 e. The van der Waals surface area contributed by atoms with Crippen LogP contribution >= 0.6 is 0 Å². The zero-order chi connectivity index (χ0) is 17.7. The summed E-state index contributed by atoms with van der Waals surface area (Å²) in [5.74, 6) is 0.603. The molecule has 0 atom stereocenters. The molecule has 2 aromatic rings. The molecular formula is C20H30FN3O. The molecule has 1 aliphatic rings. The summed E-state index contributed by atoms with van der Waals surface area (Å²) in [6.07, 6.45) is 9.00. The van der Waals surface area contributed by atoms with Crippen LogP contribution in [-0.4, -0.2) is 23.5 Å². The minimum absolute atomic E-state index is 0.216. The minimum atomic E-state index is -0.456. The van der Waals surface area contributed by atoms with Gasteiger partial charge in [0.25, 0.3) is 0 Å². The van der Waals surface area contributed by atoms with Crippen LogP contribution in [0.1, 0.15) is 49.8 Å². The van der Waals surface area contributed by atoms with E-state index in [0.29, 0.717) is 19.0 Å². The van der Waals surface area contributed by atoms with Gasteiger partial charge in [-0.3, -0.25) is 0 Å². The van der Waals surface area contributed by atoms with Crippen LogP contribution < -0.4 is 10.1 Å². The molecule has 0 spiro atoms. The smallest absolute Gasteiger partial charge is 0.212 e. The standard InChI is InChI=1S/C14H18FN3O.C6H12/c1-16-10-13-9-14(18(17-13)8-7-15)19-11-12-5-3-2-4-6-12;1-2-4-6-5-3-1/h2-6,9,16H,7-8,10-11H2,1H3;1-6H2. The van der Waals surface area contributed by atoms with E-state index in [2.05, 4.69) is 10.4 Å². The van der Waals surface area contributed by atoms with Crippen molar-refractivity contribution in [2.24, 2.45) is 0 Å². The number of ether oxygens (including phenoxy) is 1. The van der Waals surface area contributed by atoms with Crippen molar-refractivity contribution in [2.45, 2.75) is 58.2 Å². The Balaban J connectivity index is 0.000000316. The molecule has 0 bridgehead atoms. The molecule has 138 valence electrons. The summed E-state index contributed by atoms with van der Waals surface area (Å²) in [6, 6.07) is 11.7.